The molecule has 1 saturated heterocycles. The largest absolute Gasteiger partial charge is 0.378 e. The third kappa shape index (κ3) is 5.01. The van der Waals surface area contributed by atoms with Crippen molar-refractivity contribution < 1.29 is 4.74 Å². The highest BCUT2D eigenvalue weighted by atomic mass is 32.1. The van der Waals surface area contributed by atoms with E-state index in [0.29, 0.717) is 25.0 Å². The van der Waals surface area contributed by atoms with Crippen LogP contribution in [-0.4, -0.2) is 56.2 Å². The quantitative estimate of drug-likeness (QED) is 0.326. The van der Waals surface area contributed by atoms with Gasteiger partial charge in [-0.05, 0) is 24.6 Å². The van der Waals surface area contributed by atoms with E-state index in [-0.39, 0.29) is 5.95 Å². The number of benzene rings is 1. The average molecular weight is 524 g/mol. The van der Waals surface area contributed by atoms with Crippen LogP contribution in [0.2, 0.25) is 0 Å². The molecule has 10 nitrogen and oxygen atoms in total. The van der Waals surface area contributed by atoms with Gasteiger partial charge >= 0.3 is 0 Å². The lowest BCUT2D eigenvalue weighted by Gasteiger charge is -2.28. The minimum absolute atomic E-state index is 0.219. The zero-order valence-electron chi connectivity index (χ0n) is 20.7. The lowest BCUT2D eigenvalue weighted by molar-refractivity contribution is 0.122. The van der Waals surface area contributed by atoms with Gasteiger partial charge in [-0.3, -0.25) is 0 Å². The molecule has 0 saturated carbocycles. The Kier molecular flexibility index (Phi) is 6.59. The van der Waals surface area contributed by atoms with Crippen LogP contribution in [0.25, 0.3) is 33.0 Å². The fourth-order valence-corrected chi connectivity index (χ4v) is 5.08. The molecule has 0 spiro atoms. The summed E-state index contributed by atoms with van der Waals surface area (Å²) in [6.45, 7) is 4.71. The highest BCUT2D eigenvalue weighted by Gasteiger charge is 2.20. The summed E-state index contributed by atoms with van der Waals surface area (Å²) in [6, 6.07) is 14.1. The van der Waals surface area contributed by atoms with Gasteiger partial charge in [0.15, 0.2) is 5.13 Å². The standard InChI is InChI=1S/C27H25N9OS/c1-17-23(34-26(36-9-11-37-12-10-36)35-24(17)20-14-30-25(28)31-15-20)19-7-8-29-22(13-19)33-27-32-16-21(38-27)18-5-3-2-4-6-18/h2-8,13-16H,9-12H2,1H3,(H2,28,30,31)(H,29,32,33). The number of aromatic nitrogens is 6. The van der Waals surface area contributed by atoms with Gasteiger partial charge in [-0.1, -0.05) is 41.7 Å². The minimum Gasteiger partial charge on any atom is -0.378 e. The van der Waals surface area contributed by atoms with Crippen molar-refractivity contribution in [3.8, 4) is 33.0 Å². The number of pyridine rings is 1. The smallest absolute Gasteiger partial charge is 0.226 e. The first-order chi connectivity index (χ1) is 18.6. The maximum Gasteiger partial charge on any atom is 0.226 e. The molecule has 1 fully saturated rings. The molecule has 4 aromatic heterocycles. The Morgan fingerprint density at radius 1 is 0.868 bits per heavy atom. The zero-order valence-corrected chi connectivity index (χ0v) is 21.5. The van der Waals surface area contributed by atoms with Gasteiger partial charge in [0.2, 0.25) is 11.9 Å². The number of hydrogen-bond donors (Lipinski definition) is 2. The summed E-state index contributed by atoms with van der Waals surface area (Å²) in [7, 11) is 0. The number of nitrogens with zero attached hydrogens (tertiary/aromatic N) is 7. The maximum atomic E-state index is 5.73. The van der Waals surface area contributed by atoms with E-state index in [4.69, 9.17) is 20.4 Å². The predicted molar refractivity (Wildman–Crippen MR) is 149 cm³/mol. The highest BCUT2D eigenvalue weighted by Crippen LogP contribution is 2.34. The Hall–Kier alpha value is -4.48. The summed E-state index contributed by atoms with van der Waals surface area (Å²) in [6.07, 6.45) is 7.02. The maximum absolute atomic E-state index is 5.73. The zero-order chi connectivity index (χ0) is 25.9. The van der Waals surface area contributed by atoms with Gasteiger partial charge < -0.3 is 20.7 Å². The number of morpholine rings is 1. The number of thiazole rings is 1. The normalized spacial score (nSPS) is 13.4. The SMILES string of the molecule is Cc1c(-c2cnc(N)nc2)nc(N2CCOCC2)nc1-c1ccnc(Nc2ncc(-c3ccccc3)s2)c1. The summed E-state index contributed by atoms with van der Waals surface area (Å²) < 4.78 is 5.54. The number of hydrogen-bond acceptors (Lipinski definition) is 11. The number of rotatable bonds is 6. The molecule has 0 radical (unpaired) electrons. The van der Waals surface area contributed by atoms with Crippen molar-refractivity contribution in [1.29, 1.82) is 0 Å². The number of anilines is 4. The van der Waals surface area contributed by atoms with Crippen LogP contribution < -0.4 is 16.0 Å². The van der Waals surface area contributed by atoms with Crippen molar-refractivity contribution in [2.75, 3.05) is 42.3 Å². The molecule has 11 heteroatoms. The molecule has 6 rings (SSSR count). The fraction of sp³-hybridized carbons (Fsp3) is 0.185. The first kappa shape index (κ1) is 23.9. The molecule has 1 aliphatic rings. The summed E-state index contributed by atoms with van der Waals surface area (Å²) in [4.78, 5) is 30.5. The number of ether oxygens (including phenoxy) is 1. The Balaban J connectivity index is 1.36. The summed E-state index contributed by atoms with van der Waals surface area (Å²) in [5.41, 5.74) is 11.0. The van der Waals surface area contributed by atoms with E-state index >= 15 is 0 Å². The Labute approximate surface area is 223 Å². The fourth-order valence-electron chi connectivity index (χ4n) is 4.26. The van der Waals surface area contributed by atoms with E-state index < -0.39 is 0 Å². The molecule has 5 aromatic rings. The molecule has 5 heterocycles. The molecule has 3 N–H and O–H groups in total. The van der Waals surface area contributed by atoms with Gasteiger partial charge in [-0.15, -0.1) is 0 Å². The molecule has 1 aliphatic heterocycles. The second-order valence-corrected chi connectivity index (χ2v) is 9.76. The van der Waals surface area contributed by atoms with Gasteiger partial charge in [-0.25, -0.2) is 29.9 Å². The van der Waals surface area contributed by atoms with Crippen LogP contribution in [0.1, 0.15) is 5.56 Å². The van der Waals surface area contributed by atoms with Crippen molar-refractivity contribution in [3.63, 3.8) is 0 Å². The highest BCUT2D eigenvalue weighted by molar-refractivity contribution is 7.18. The first-order valence-corrected chi connectivity index (χ1v) is 13.0. The van der Waals surface area contributed by atoms with Crippen molar-refractivity contribution >= 4 is 34.2 Å². The lowest BCUT2D eigenvalue weighted by Crippen LogP contribution is -2.37. The van der Waals surface area contributed by atoms with E-state index in [1.54, 1.807) is 29.9 Å². The minimum atomic E-state index is 0.219. The van der Waals surface area contributed by atoms with Crippen LogP contribution in [0.5, 0.6) is 0 Å². The average Bonchev–Trinajstić information content (AvgIpc) is 3.43. The molecular weight excluding hydrogens is 498 g/mol. The molecule has 0 unspecified atom stereocenters. The van der Waals surface area contributed by atoms with Crippen LogP contribution in [-0.2, 0) is 4.74 Å². The number of nitrogens with one attached hydrogen (secondary N) is 1. The van der Waals surface area contributed by atoms with Crippen molar-refractivity contribution in [2.45, 2.75) is 6.92 Å². The Morgan fingerprint density at radius 2 is 1.61 bits per heavy atom. The second-order valence-electron chi connectivity index (χ2n) is 8.73. The third-order valence-corrected chi connectivity index (χ3v) is 7.17. The monoisotopic (exact) mass is 523 g/mol. The number of nitrogen functional groups attached to an aromatic ring is 1. The van der Waals surface area contributed by atoms with E-state index in [1.807, 2.05) is 43.5 Å². The molecule has 38 heavy (non-hydrogen) atoms. The summed E-state index contributed by atoms with van der Waals surface area (Å²) in [5.74, 6) is 1.54. The van der Waals surface area contributed by atoms with E-state index in [0.717, 1.165) is 56.7 Å². The molecule has 0 bridgehead atoms. The van der Waals surface area contributed by atoms with Gasteiger partial charge in [-0.2, -0.15) is 0 Å². The topological polar surface area (TPSA) is 128 Å². The predicted octanol–water partition coefficient (Wildman–Crippen LogP) is 4.59. The van der Waals surface area contributed by atoms with Crippen molar-refractivity contribution in [2.24, 2.45) is 0 Å². The van der Waals surface area contributed by atoms with E-state index in [9.17, 15) is 0 Å². The van der Waals surface area contributed by atoms with Gasteiger partial charge in [0.25, 0.3) is 0 Å². The Bertz CT molecular complexity index is 1550. The van der Waals surface area contributed by atoms with Crippen LogP contribution in [0.15, 0.2) is 67.3 Å². The number of nitrogens with two attached hydrogens (primary N) is 1. The van der Waals surface area contributed by atoms with E-state index in [1.165, 1.54) is 0 Å². The molecule has 0 aliphatic carbocycles. The van der Waals surface area contributed by atoms with Crippen molar-refractivity contribution in [3.05, 3.63) is 72.8 Å². The van der Waals surface area contributed by atoms with Crippen LogP contribution in [0, 0.1) is 6.92 Å². The van der Waals surface area contributed by atoms with Gasteiger partial charge in [0, 0.05) is 54.6 Å². The van der Waals surface area contributed by atoms with Crippen molar-refractivity contribution in [1.82, 2.24) is 29.9 Å². The molecule has 0 atom stereocenters. The van der Waals surface area contributed by atoms with Crippen LogP contribution >= 0.6 is 11.3 Å². The summed E-state index contributed by atoms with van der Waals surface area (Å²) in [5, 5.41) is 4.11. The first-order valence-electron chi connectivity index (χ1n) is 12.2. The molecule has 1 aromatic carbocycles. The Morgan fingerprint density at radius 3 is 2.37 bits per heavy atom. The van der Waals surface area contributed by atoms with Gasteiger partial charge in [0.05, 0.1) is 29.5 Å². The second kappa shape index (κ2) is 10.5. The van der Waals surface area contributed by atoms with Crippen LogP contribution in [0.3, 0.4) is 0 Å². The third-order valence-electron chi connectivity index (χ3n) is 6.21. The van der Waals surface area contributed by atoms with E-state index in [2.05, 4.69) is 42.3 Å². The lowest BCUT2D eigenvalue weighted by atomic mass is 10.0. The molecular formula is C27H25N9OS. The molecule has 190 valence electrons. The summed E-state index contributed by atoms with van der Waals surface area (Å²) >= 11 is 1.58. The molecule has 0 amide bonds. The van der Waals surface area contributed by atoms with Crippen LogP contribution in [0.4, 0.5) is 22.8 Å². The van der Waals surface area contributed by atoms with Gasteiger partial charge in [0.1, 0.15) is 5.82 Å².